The van der Waals surface area contributed by atoms with Crippen molar-refractivity contribution >= 4 is 5.82 Å². The van der Waals surface area contributed by atoms with Crippen LogP contribution in [0.3, 0.4) is 0 Å². The molecule has 1 N–H and O–H groups in total. The molecule has 2 heterocycles. The lowest BCUT2D eigenvalue weighted by molar-refractivity contribution is 0.307. The minimum Gasteiger partial charge on any atom is -0.508 e. The highest BCUT2D eigenvalue weighted by atomic mass is 16.5. The van der Waals surface area contributed by atoms with E-state index in [1.54, 1.807) is 6.07 Å². The molecule has 32 heavy (non-hydrogen) atoms. The maximum absolute atomic E-state index is 10.3. The smallest absolute Gasteiger partial charge is 0.135 e. The van der Waals surface area contributed by atoms with Crippen LogP contribution in [-0.2, 0) is 19.7 Å². The number of aromatic hydroxyl groups is 1. The average molecular weight is 426 g/mol. The Morgan fingerprint density at radius 3 is 2.50 bits per heavy atom. The number of hydrogen-bond acceptors (Lipinski definition) is 4. The summed E-state index contributed by atoms with van der Waals surface area (Å²) < 4.78 is 8.37. The van der Waals surface area contributed by atoms with Gasteiger partial charge in [0.2, 0.25) is 0 Å². The maximum Gasteiger partial charge on any atom is 0.135 e. The molecule has 0 radical (unpaired) electrons. The monoisotopic (exact) mass is 425 g/mol. The first-order valence-corrected chi connectivity index (χ1v) is 11.1. The molecule has 0 amide bonds. The molecule has 4 aromatic rings. The van der Waals surface area contributed by atoms with E-state index in [1.807, 2.05) is 54.6 Å². The van der Waals surface area contributed by atoms with Gasteiger partial charge in [-0.15, -0.1) is 0 Å². The average Bonchev–Trinajstić information content (AvgIpc) is 3.16. The van der Waals surface area contributed by atoms with Crippen molar-refractivity contribution in [1.82, 2.24) is 9.78 Å². The van der Waals surface area contributed by atoms with Crippen molar-refractivity contribution in [1.29, 1.82) is 0 Å². The molecular formula is C27H27N3O2. The second kappa shape index (κ2) is 8.79. The predicted octanol–water partition coefficient (Wildman–Crippen LogP) is 5.55. The maximum atomic E-state index is 10.3. The fourth-order valence-electron chi connectivity index (χ4n) is 4.42. The number of nitrogens with zero attached hydrogens (tertiary/aromatic N) is 3. The van der Waals surface area contributed by atoms with Crippen molar-refractivity contribution < 1.29 is 9.84 Å². The summed E-state index contributed by atoms with van der Waals surface area (Å²) in [5.41, 5.74) is 5.19. The first kappa shape index (κ1) is 20.2. The largest absolute Gasteiger partial charge is 0.508 e. The van der Waals surface area contributed by atoms with Crippen molar-refractivity contribution in [2.45, 2.75) is 33.0 Å². The van der Waals surface area contributed by atoms with E-state index in [-0.39, 0.29) is 0 Å². The van der Waals surface area contributed by atoms with Gasteiger partial charge in [0.15, 0.2) is 0 Å². The second-order valence-corrected chi connectivity index (χ2v) is 8.18. The van der Waals surface area contributed by atoms with Crippen LogP contribution in [0.4, 0.5) is 5.82 Å². The van der Waals surface area contributed by atoms with Crippen molar-refractivity contribution in [3.63, 3.8) is 0 Å². The Kier molecular flexibility index (Phi) is 5.55. The number of aryl methyl sites for hydroxylation is 2. The Balaban J connectivity index is 1.52. The molecule has 0 bridgehead atoms. The molecule has 0 aliphatic carbocycles. The molecule has 0 saturated carbocycles. The van der Waals surface area contributed by atoms with Crippen molar-refractivity contribution in [3.8, 4) is 22.6 Å². The SMILES string of the molecule is Cc1nn2c(c1-c1ccccc1OCc1ccccc1)N(Cc1ccccc1O)CCC2. The van der Waals surface area contributed by atoms with Crippen LogP contribution in [0.15, 0.2) is 78.9 Å². The number of aromatic nitrogens is 2. The third-order valence-electron chi connectivity index (χ3n) is 5.94. The lowest BCUT2D eigenvalue weighted by atomic mass is 10.0. The summed E-state index contributed by atoms with van der Waals surface area (Å²) in [7, 11) is 0. The molecule has 0 atom stereocenters. The van der Waals surface area contributed by atoms with Crippen LogP contribution in [-0.4, -0.2) is 21.4 Å². The van der Waals surface area contributed by atoms with E-state index in [0.29, 0.717) is 18.9 Å². The number of ether oxygens (including phenoxy) is 1. The standard InChI is InChI=1S/C27H27N3O2/c1-20-26(23-13-6-8-15-25(23)32-19-21-10-3-2-4-11-21)27-29(16-9-17-30(27)28-20)18-22-12-5-7-14-24(22)31/h2-8,10-15,31H,9,16-19H2,1H3. The molecular weight excluding hydrogens is 398 g/mol. The number of para-hydroxylation sites is 2. The van der Waals surface area contributed by atoms with Gasteiger partial charge in [0.1, 0.15) is 23.9 Å². The lowest BCUT2D eigenvalue weighted by Crippen LogP contribution is -2.32. The number of rotatable bonds is 6. The van der Waals surface area contributed by atoms with E-state index in [4.69, 9.17) is 9.84 Å². The van der Waals surface area contributed by atoms with Gasteiger partial charge >= 0.3 is 0 Å². The van der Waals surface area contributed by atoms with Gasteiger partial charge in [0.25, 0.3) is 0 Å². The lowest BCUT2D eigenvalue weighted by Gasteiger charge is -2.31. The summed E-state index contributed by atoms with van der Waals surface area (Å²) >= 11 is 0. The molecule has 0 unspecified atom stereocenters. The number of phenols is 1. The highest BCUT2D eigenvalue weighted by Gasteiger charge is 2.27. The van der Waals surface area contributed by atoms with Crippen LogP contribution in [0.25, 0.3) is 11.1 Å². The molecule has 0 fully saturated rings. The van der Waals surface area contributed by atoms with Crippen LogP contribution in [0.1, 0.15) is 23.2 Å². The van der Waals surface area contributed by atoms with Gasteiger partial charge in [-0.3, -0.25) is 0 Å². The number of phenolic OH excluding ortho intramolecular Hbond substituents is 1. The number of benzene rings is 3. The quantitative estimate of drug-likeness (QED) is 0.440. The minimum absolute atomic E-state index is 0.328. The molecule has 5 rings (SSSR count). The minimum atomic E-state index is 0.328. The third-order valence-corrected chi connectivity index (χ3v) is 5.94. The number of fused-ring (bicyclic) bond motifs is 1. The van der Waals surface area contributed by atoms with E-state index in [9.17, 15) is 5.11 Å². The number of anilines is 1. The van der Waals surface area contributed by atoms with E-state index in [0.717, 1.165) is 59.0 Å². The molecule has 1 aromatic heterocycles. The first-order valence-electron chi connectivity index (χ1n) is 11.1. The molecule has 0 saturated heterocycles. The first-order chi connectivity index (χ1) is 15.7. The third kappa shape index (κ3) is 3.94. The Morgan fingerprint density at radius 2 is 1.66 bits per heavy atom. The summed E-state index contributed by atoms with van der Waals surface area (Å²) in [6, 6.07) is 26.0. The summed E-state index contributed by atoms with van der Waals surface area (Å²) in [4.78, 5) is 2.32. The fraction of sp³-hybridized carbons (Fsp3) is 0.222. The highest BCUT2D eigenvalue weighted by molar-refractivity contribution is 5.83. The van der Waals surface area contributed by atoms with Gasteiger partial charge in [0.05, 0.1) is 11.3 Å². The Hall–Kier alpha value is -3.73. The van der Waals surface area contributed by atoms with Gasteiger partial charge in [0, 0.05) is 30.8 Å². The normalized spacial score (nSPS) is 13.1. The topological polar surface area (TPSA) is 50.5 Å². The summed E-state index contributed by atoms with van der Waals surface area (Å²) in [5, 5.41) is 15.2. The van der Waals surface area contributed by atoms with Crippen LogP contribution in [0, 0.1) is 6.92 Å². The van der Waals surface area contributed by atoms with Gasteiger partial charge in [-0.1, -0.05) is 66.7 Å². The van der Waals surface area contributed by atoms with Crippen LogP contribution < -0.4 is 9.64 Å². The van der Waals surface area contributed by atoms with Gasteiger partial charge < -0.3 is 14.7 Å². The van der Waals surface area contributed by atoms with Crippen LogP contribution in [0.5, 0.6) is 11.5 Å². The van der Waals surface area contributed by atoms with E-state index in [1.165, 1.54) is 0 Å². The second-order valence-electron chi connectivity index (χ2n) is 8.18. The Labute approximate surface area is 188 Å². The summed E-state index contributed by atoms with van der Waals surface area (Å²) in [6.07, 6.45) is 1.02. The van der Waals surface area contributed by atoms with Crippen molar-refractivity contribution in [2.75, 3.05) is 11.4 Å². The van der Waals surface area contributed by atoms with Gasteiger partial charge in [-0.25, -0.2) is 4.68 Å². The van der Waals surface area contributed by atoms with Crippen LogP contribution >= 0.6 is 0 Å². The summed E-state index contributed by atoms with van der Waals surface area (Å²) in [6.45, 7) is 5.02. The van der Waals surface area contributed by atoms with Crippen LogP contribution in [0.2, 0.25) is 0 Å². The van der Waals surface area contributed by atoms with Gasteiger partial charge in [-0.2, -0.15) is 5.10 Å². The van der Waals surface area contributed by atoms with Crippen molar-refractivity contribution in [3.05, 3.63) is 95.7 Å². The molecule has 5 heteroatoms. The molecule has 0 spiro atoms. The molecule has 1 aliphatic heterocycles. The van der Waals surface area contributed by atoms with Gasteiger partial charge in [-0.05, 0) is 31.0 Å². The highest BCUT2D eigenvalue weighted by Crippen LogP contribution is 2.41. The Morgan fingerprint density at radius 1 is 0.906 bits per heavy atom. The molecule has 162 valence electrons. The zero-order valence-corrected chi connectivity index (χ0v) is 18.2. The van der Waals surface area contributed by atoms with E-state index < -0.39 is 0 Å². The Bertz CT molecular complexity index is 1220. The summed E-state index contributed by atoms with van der Waals surface area (Å²) in [5.74, 6) is 2.27. The zero-order valence-electron chi connectivity index (χ0n) is 18.2. The molecule has 1 aliphatic rings. The fourth-order valence-corrected chi connectivity index (χ4v) is 4.42. The van der Waals surface area contributed by atoms with E-state index in [2.05, 4.69) is 34.7 Å². The van der Waals surface area contributed by atoms with Crippen molar-refractivity contribution in [2.24, 2.45) is 0 Å². The molecule has 3 aromatic carbocycles. The van der Waals surface area contributed by atoms with E-state index >= 15 is 0 Å². The predicted molar refractivity (Wildman–Crippen MR) is 127 cm³/mol. The zero-order chi connectivity index (χ0) is 21.9. The molecule has 5 nitrogen and oxygen atoms in total. The number of hydrogen-bond donors (Lipinski definition) is 1.